The fraction of sp³-hybridized carbons (Fsp3) is 0.333. The van der Waals surface area contributed by atoms with Crippen molar-refractivity contribution in [2.24, 2.45) is 4.99 Å². The standard InChI is InChI=1S/C24H30N4O3/c1-3-30-15-7-14-25-24(27-16-19-10-12-21(29-2)13-11-19)28-18-23-26-17-22(31-23)20-8-5-4-6-9-20/h4-6,8-13,17H,3,7,14-16,18H2,1-2H3,(H2,25,27,28). The monoisotopic (exact) mass is 422 g/mol. The minimum atomic E-state index is 0.437. The number of methoxy groups -OCH3 is 1. The Morgan fingerprint density at radius 2 is 1.87 bits per heavy atom. The van der Waals surface area contributed by atoms with E-state index in [1.165, 1.54) is 0 Å². The van der Waals surface area contributed by atoms with Crippen molar-refractivity contribution in [2.45, 2.75) is 26.4 Å². The van der Waals surface area contributed by atoms with Crippen LogP contribution in [-0.4, -0.2) is 37.8 Å². The van der Waals surface area contributed by atoms with Gasteiger partial charge in [-0.2, -0.15) is 0 Å². The molecule has 2 aromatic carbocycles. The predicted molar refractivity (Wildman–Crippen MR) is 122 cm³/mol. The van der Waals surface area contributed by atoms with Gasteiger partial charge in [-0.15, -0.1) is 0 Å². The van der Waals surface area contributed by atoms with Crippen molar-refractivity contribution in [3.05, 3.63) is 72.2 Å². The van der Waals surface area contributed by atoms with Crippen LogP contribution < -0.4 is 15.4 Å². The number of guanidine groups is 1. The summed E-state index contributed by atoms with van der Waals surface area (Å²) in [4.78, 5) is 9.07. The van der Waals surface area contributed by atoms with E-state index in [2.05, 4.69) is 15.6 Å². The largest absolute Gasteiger partial charge is 0.497 e. The fourth-order valence-corrected chi connectivity index (χ4v) is 2.89. The van der Waals surface area contributed by atoms with Gasteiger partial charge in [0.05, 0.1) is 26.4 Å². The van der Waals surface area contributed by atoms with Crippen LogP contribution in [0.2, 0.25) is 0 Å². The number of nitrogens with one attached hydrogen (secondary N) is 2. The summed E-state index contributed by atoms with van der Waals surface area (Å²) in [6, 6.07) is 17.8. The molecule has 0 fully saturated rings. The normalized spacial score (nSPS) is 11.4. The Bertz CT molecular complexity index is 924. The molecule has 2 N–H and O–H groups in total. The molecule has 0 saturated carbocycles. The molecular formula is C24H30N4O3. The van der Waals surface area contributed by atoms with Crippen LogP contribution in [0.3, 0.4) is 0 Å². The van der Waals surface area contributed by atoms with Gasteiger partial charge in [0.1, 0.15) is 5.75 Å². The predicted octanol–water partition coefficient (Wildman–Crippen LogP) is 4.01. The first-order valence-electron chi connectivity index (χ1n) is 10.5. The van der Waals surface area contributed by atoms with Crippen LogP contribution in [-0.2, 0) is 17.8 Å². The number of oxazole rings is 1. The number of aromatic nitrogens is 1. The minimum absolute atomic E-state index is 0.437. The first kappa shape index (κ1) is 22.4. The quantitative estimate of drug-likeness (QED) is 0.276. The molecule has 3 rings (SSSR count). The van der Waals surface area contributed by atoms with Gasteiger partial charge in [-0.05, 0) is 31.0 Å². The number of benzene rings is 2. The molecule has 0 amide bonds. The first-order chi connectivity index (χ1) is 15.3. The van der Waals surface area contributed by atoms with Gasteiger partial charge >= 0.3 is 0 Å². The van der Waals surface area contributed by atoms with Crippen LogP contribution in [0.5, 0.6) is 5.75 Å². The molecule has 7 heteroatoms. The van der Waals surface area contributed by atoms with E-state index in [1.54, 1.807) is 13.3 Å². The number of hydrogen-bond donors (Lipinski definition) is 2. The van der Waals surface area contributed by atoms with Crippen LogP contribution in [0.1, 0.15) is 24.8 Å². The highest BCUT2D eigenvalue weighted by molar-refractivity contribution is 5.79. The highest BCUT2D eigenvalue weighted by atomic mass is 16.5. The first-order valence-corrected chi connectivity index (χ1v) is 10.5. The number of ether oxygens (including phenoxy) is 2. The lowest BCUT2D eigenvalue weighted by Crippen LogP contribution is -2.37. The zero-order valence-corrected chi connectivity index (χ0v) is 18.1. The molecule has 3 aromatic rings. The maximum absolute atomic E-state index is 5.88. The summed E-state index contributed by atoms with van der Waals surface area (Å²) < 4.78 is 16.5. The van der Waals surface area contributed by atoms with E-state index in [9.17, 15) is 0 Å². The van der Waals surface area contributed by atoms with Gasteiger partial charge in [0.15, 0.2) is 11.7 Å². The second-order valence-corrected chi connectivity index (χ2v) is 6.83. The third-order valence-electron chi connectivity index (χ3n) is 4.56. The van der Waals surface area contributed by atoms with Gasteiger partial charge in [-0.1, -0.05) is 42.5 Å². The summed E-state index contributed by atoms with van der Waals surface area (Å²) in [7, 11) is 1.66. The maximum atomic E-state index is 5.88. The number of aliphatic imine (C=N–C) groups is 1. The summed E-state index contributed by atoms with van der Waals surface area (Å²) in [5, 5.41) is 6.65. The van der Waals surface area contributed by atoms with Gasteiger partial charge in [-0.25, -0.2) is 9.98 Å². The van der Waals surface area contributed by atoms with Crippen molar-refractivity contribution in [1.29, 1.82) is 0 Å². The van der Waals surface area contributed by atoms with Gasteiger partial charge in [0.2, 0.25) is 5.89 Å². The van der Waals surface area contributed by atoms with Gasteiger partial charge in [-0.3, -0.25) is 0 Å². The molecule has 0 bridgehead atoms. The van der Waals surface area contributed by atoms with E-state index in [-0.39, 0.29) is 0 Å². The Kier molecular flexibility index (Phi) is 8.94. The van der Waals surface area contributed by atoms with E-state index in [0.717, 1.165) is 48.8 Å². The maximum Gasteiger partial charge on any atom is 0.214 e. The van der Waals surface area contributed by atoms with Crippen molar-refractivity contribution in [3.8, 4) is 17.1 Å². The van der Waals surface area contributed by atoms with E-state index >= 15 is 0 Å². The number of nitrogens with zero attached hydrogens (tertiary/aromatic N) is 2. The smallest absolute Gasteiger partial charge is 0.214 e. The molecule has 0 aliphatic carbocycles. The molecule has 0 aliphatic heterocycles. The Hall–Kier alpha value is -3.32. The van der Waals surface area contributed by atoms with Crippen LogP contribution >= 0.6 is 0 Å². The van der Waals surface area contributed by atoms with E-state index in [4.69, 9.17) is 18.9 Å². The van der Waals surface area contributed by atoms with E-state index in [1.807, 2.05) is 61.5 Å². The average Bonchev–Trinajstić information content (AvgIpc) is 3.30. The van der Waals surface area contributed by atoms with Crippen LogP contribution in [0.25, 0.3) is 11.3 Å². The molecule has 0 atom stereocenters. The molecule has 31 heavy (non-hydrogen) atoms. The second-order valence-electron chi connectivity index (χ2n) is 6.83. The number of hydrogen-bond acceptors (Lipinski definition) is 5. The van der Waals surface area contributed by atoms with Crippen LogP contribution in [0, 0.1) is 0 Å². The molecular weight excluding hydrogens is 392 g/mol. The lowest BCUT2D eigenvalue weighted by atomic mass is 10.2. The highest BCUT2D eigenvalue weighted by Crippen LogP contribution is 2.19. The highest BCUT2D eigenvalue weighted by Gasteiger charge is 2.07. The van der Waals surface area contributed by atoms with Crippen LogP contribution in [0.15, 0.2) is 70.2 Å². The van der Waals surface area contributed by atoms with Crippen molar-refractivity contribution < 1.29 is 13.9 Å². The zero-order valence-electron chi connectivity index (χ0n) is 18.1. The molecule has 7 nitrogen and oxygen atoms in total. The van der Waals surface area contributed by atoms with Crippen molar-refractivity contribution in [1.82, 2.24) is 15.6 Å². The van der Waals surface area contributed by atoms with Gasteiger partial charge in [0.25, 0.3) is 0 Å². The van der Waals surface area contributed by atoms with E-state index in [0.29, 0.717) is 24.9 Å². The fourth-order valence-electron chi connectivity index (χ4n) is 2.89. The summed E-state index contributed by atoms with van der Waals surface area (Å²) in [6.07, 6.45) is 2.64. The Morgan fingerprint density at radius 1 is 1.06 bits per heavy atom. The van der Waals surface area contributed by atoms with Crippen molar-refractivity contribution in [2.75, 3.05) is 26.9 Å². The lowest BCUT2D eigenvalue weighted by Gasteiger charge is -2.12. The minimum Gasteiger partial charge on any atom is -0.497 e. The average molecular weight is 423 g/mol. The Balaban J connectivity index is 1.59. The Labute approximate surface area is 183 Å². The van der Waals surface area contributed by atoms with Gasteiger partial charge < -0.3 is 24.5 Å². The van der Waals surface area contributed by atoms with Crippen LogP contribution in [0.4, 0.5) is 0 Å². The topological polar surface area (TPSA) is 80.9 Å². The second kappa shape index (κ2) is 12.4. The molecule has 0 saturated heterocycles. The summed E-state index contributed by atoms with van der Waals surface area (Å²) in [5.41, 5.74) is 2.10. The molecule has 0 aliphatic rings. The lowest BCUT2D eigenvalue weighted by molar-refractivity contribution is 0.145. The molecule has 164 valence electrons. The third kappa shape index (κ3) is 7.46. The molecule has 1 aromatic heterocycles. The molecule has 0 radical (unpaired) electrons. The SMILES string of the molecule is CCOCCCNC(=NCc1ccc(OC)cc1)NCc1ncc(-c2ccccc2)o1. The molecule has 0 unspecified atom stereocenters. The van der Waals surface area contributed by atoms with Crippen molar-refractivity contribution in [3.63, 3.8) is 0 Å². The number of rotatable bonds is 11. The summed E-state index contributed by atoms with van der Waals surface area (Å²) in [6.45, 7) is 5.18. The Morgan fingerprint density at radius 3 is 2.61 bits per heavy atom. The van der Waals surface area contributed by atoms with E-state index < -0.39 is 0 Å². The zero-order chi connectivity index (χ0) is 21.7. The molecule has 1 heterocycles. The summed E-state index contributed by atoms with van der Waals surface area (Å²) in [5.74, 6) is 2.89. The third-order valence-corrected chi connectivity index (χ3v) is 4.56. The molecule has 0 spiro atoms. The van der Waals surface area contributed by atoms with Crippen molar-refractivity contribution >= 4 is 5.96 Å². The van der Waals surface area contributed by atoms with Gasteiger partial charge in [0, 0.05) is 25.3 Å². The summed E-state index contributed by atoms with van der Waals surface area (Å²) >= 11 is 0.